The molecule has 0 saturated heterocycles. The minimum Gasteiger partial charge on any atom is -0.491 e. The molecule has 3 N–H and O–H groups in total. The predicted molar refractivity (Wildman–Crippen MR) is 100 cm³/mol. The van der Waals surface area contributed by atoms with Crippen molar-refractivity contribution in [2.75, 3.05) is 31.6 Å². The Bertz CT molecular complexity index is 500. The number of benzene rings is 2. The Balaban J connectivity index is 0.00000242. The summed E-state index contributed by atoms with van der Waals surface area (Å²) in [5, 5.41) is 16.3. The van der Waals surface area contributed by atoms with Gasteiger partial charge < -0.3 is 20.5 Å². The van der Waals surface area contributed by atoms with Crippen molar-refractivity contribution in [2.24, 2.45) is 0 Å². The van der Waals surface area contributed by atoms with Crippen LogP contribution >= 0.6 is 24.8 Å². The molecule has 0 bridgehead atoms. The molecule has 128 valence electrons. The lowest BCUT2D eigenvalue weighted by molar-refractivity contribution is 0.107. The zero-order chi connectivity index (χ0) is 14.8. The summed E-state index contributed by atoms with van der Waals surface area (Å²) in [4.78, 5) is 0. The molecule has 0 fully saturated rings. The fraction of sp³-hybridized carbons (Fsp3) is 0.294. The standard InChI is InChI=1S/C17H22N2O2.2ClH/c20-16(14-21-17-9-5-2-6-10-17)13-18-11-12-19-15-7-3-1-4-8-15;;/h1-10,16,18-20H,11-14H2;2*1H. The maximum Gasteiger partial charge on any atom is 0.119 e. The van der Waals surface area contributed by atoms with Gasteiger partial charge >= 0.3 is 0 Å². The topological polar surface area (TPSA) is 53.5 Å². The van der Waals surface area contributed by atoms with E-state index in [0.717, 1.165) is 24.5 Å². The van der Waals surface area contributed by atoms with Crippen LogP contribution in [0.5, 0.6) is 5.75 Å². The largest absolute Gasteiger partial charge is 0.491 e. The van der Waals surface area contributed by atoms with E-state index in [2.05, 4.69) is 10.6 Å². The second-order valence-electron chi connectivity index (χ2n) is 4.77. The Morgan fingerprint density at radius 2 is 1.48 bits per heavy atom. The zero-order valence-electron chi connectivity index (χ0n) is 12.9. The number of anilines is 1. The second-order valence-corrected chi connectivity index (χ2v) is 4.77. The molecule has 0 aliphatic rings. The third-order valence-electron chi connectivity index (χ3n) is 2.97. The lowest BCUT2D eigenvalue weighted by atomic mass is 10.3. The first-order chi connectivity index (χ1) is 10.3. The summed E-state index contributed by atoms with van der Waals surface area (Å²) in [5.41, 5.74) is 1.10. The Kier molecular flexibility index (Phi) is 12.2. The van der Waals surface area contributed by atoms with Gasteiger partial charge in [0.2, 0.25) is 0 Å². The molecule has 2 aromatic rings. The number of para-hydroxylation sites is 2. The van der Waals surface area contributed by atoms with Crippen molar-refractivity contribution in [2.45, 2.75) is 6.10 Å². The van der Waals surface area contributed by atoms with E-state index >= 15 is 0 Å². The number of aliphatic hydroxyl groups is 1. The molecule has 1 unspecified atom stereocenters. The molecule has 0 aromatic heterocycles. The highest BCUT2D eigenvalue weighted by molar-refractivity contribution is 5.85. The summed E-state index contributed by atoms with van der Waals surface area (Å²) < 4.78 is 5.49. The lowest BCUT2D eigenvalue weighted by Gasteiger charge is -2.13. The van der Waals surface area contributed by atoms with Crippen LogP contribution in [0.3, 0.4) is 0 Å². The van der Waals surface area contributed by atoms with Crippen molar-refractivity contribution < 1.29 is 9.84 Å². The van der Waals surface area contributed by atoms with E-state index in [9.17, 15) is 5.11 Å². The van der Waals surface area contributed by atoms with Crippen LogP contribution in [0.2, 0.25) is 0 Å². The first kappa shape index (κ1) is 21.5. The maximum absolute atomic E-state index is 9.82. The van der Waals surface area contributed by atoms with E-state index in [-0.39, 0.29) is 24.8 Å². The average molecular weight is 359 g/mol. The Labute approximate surface area is 150 Å². The summed E-state index contributed by atoms with van der Waals surface area (Å²) in [6.07, 6.45) is -0.512. The first-order valence-electron chi connectivity index (χ1n) is 7.20. The summed E-state index contributed by atoms with van der Waals surface area (Å²) in [7, 11) is 0. The molecule has 2 aromatic carbocycles. The van der Waals surface area contributed by atoms with Gasteiger partial charge in [-0.15, -0.1) is 24.8 Å². The van der Waals surface area contributed by atoms with Crippen LogP contribution in [0.15, 0.2) is 60.7 Å². The molecular weight excluding hydrogens is 335 g/mol. The van der Waals surface area contributed by atoms with E-state index in [1.54, 1.807) is 0 Å². The Hall–Kier alpha value is -1.46. The molecule has 0 amide bonds. The zero-order valence-corrected chi connectivity index (χ0v) is 14.5. The normalized spacial score (nSPS) is 10.8. The average Bonchev–Trinajstić information content (AvgIpc) is 2.54. The van der Waals surface area contributed by atoms with Crippen molar-refractivity contribution >= 4 is 30.5 Å². The van der Waals surface area contributed by atoms with Crippen LogP contribution < -0.4 is 15.4 Å². The number of ether oxygens (including phenoxy) is 1. The molecule has 0 aliphatic carbocycles. The van der Waals surface area contributed by atoms with Crippen LogP contribution in [0.4, 0.5) is 5.69 Å². The van der Waals surface area contributed by atoms with Gasteiger partial charge in [-0.05, 0) is 24.3 Å². The van der Waals surface area contributed by atoms with Crippen LogP contribution in [-0.2, 0) is 0 Å². The van der Waals surface area contributed by atoms with Gasteiger partial charge in [-0.3, -0.25) is 0 Å². The van der Waals surface area contributed by atoms with Gasteiger partial charge in [-0.1, -0.05) is 36.4 Å². The fourth-order valence-corrected chi connectivity index (χ4v) is 1.89. The van der Waals surface area contributed by atoms with Crippen LogP contribution in [-0.4, -0.2) is 37.5 Å². The van der Waals surface area contributed by atoms with Crippen molar-refractivity contribution in [3.05, 3.63) is 60.7 Å². The lowest BCUT2D eigenvalue weighted by Crippen LogP contribution is -2.34. The Morgan fingerprint density at radius 1 is 0.870 bits per heavy atom. The predicted octanol–water partition coefficient (Wildman–Crippen LogP) is 2.97. The highest BCUT2D eigenvalue weighted by Gasteiger charge is 2.04. The molecular formula is C17H24Cl2N2O2. The van der Waals surface area contributed by atoms with Crippen LogP contribution in [0.1, 0.15) is 0 Å². The summed E-state index contributed by atoms with van der Waals surface area (Å²) >= 11 is 0. The second kappa shape index (κ2) is 13.0. The summed E-state index contributed by atoms with van der Waals surface area (Å²) in [6, 6.07) is 19.6. The van der Waals surface area contributed by atoms with E-state index in [1.165, 1.54) is 0 Å². The molecule has 0 radical (unpaired) electrons. The molecule has 6 heteroatoms. The van der Waals surface area contributed by atoms with Crippen LogP contribution in [0.25, 0.3) is 0 Å². The van der Waals surface area contributed by atoms with E-state index < -0.39 is 6.10 Å². The minimum absolute atomic E-state index is 0. The molecule has 2 rings (SSSR count). The van der Waals surface area contributed by atoms with E-state index in [1.807, 2.05) is 60.7 Å². The monoisotopic (exact) mass is 358 g/mol. The molecule has 23 heavy (non-hydrogen) atoms. The number of rotatable bonds is 9. The molecule has 4 nitrogen and oxygen atoms in total. The van der Waals surface area contributed by atoms with Crippen molar-refractivity contribution in [1.29, 1.82) is 0 Å². The fourth-order valence-electron chi connectivity index (χ4n) is 1.89. The molecule has 0 heterocycles. The van der Waals surface area contributed by atoms with Gasteiger partial charge in [-0.25, -0.2) is 0 Å². The third-order valence-corrected chi connectivity index (χ3v) is 2.97. The third kappa shape index (κ3) is 9.31. The number of halogens is 2. The van der Waals surface area contributed by atoms with Gasteiger partial charge in [0.25, 0.3) is 0 Å². The van der Waals surface area contributed by atoms with Crippen molar-refractivity contribution in [3.63, 3.8) is 0 Å². The highest BCUT2D eigenvalue weighted by atomic mass is 35.5. The summed E-state index contributed by atoms with van der Waals surface area (Å²) in [5.74, 6) is 0.780. The van der Waals surface area contributed by atoms with Gasteiger partial charge in [-0.2, -0.15) is 0 Å². The molecule has 0 saturated carbocycles. The van der Waals surface area contributed by atoms with Gasteiger partial charge in [0, 0.05) is 25.3 Å². The van der Waals surface area contributed by atoms with Crippen molar-refractivity contribution in [1.82, 2.24) is 5.32 Å². The number of hydrogen-bond donors (Lipinski definition) is 3. The molecule has 0 spiro atoms. The minimum atomic E-state index is -0.512. The summed E-state index contributed by atoms with van der Waals surface area (Å²) in [6.45, 7) is 2.42. The molecule has 0 aliphatic heterocycles. The smallest absolute Gasteiger partial charge is 0.119 e. The Morgan fingerprint density at radius 3 is 2.13 bits per heavy atom. The van der Waals surface area contributed by atoms with Gasteiger partial charge in [0.05, 0.1) is 0 Å². The number of nitrogens with one attached hydrogen (secondary N) is 2. The first-order valence-corrected chi connectivity index (χ1v) is 7.20. The number of hydrogen-bond acceptors (Lipinski definition) is 4. The van der Waals surface area contributed by atoms with Crippen LogP contribution in [0, 0.1) is 0 Å². The SMILES string of the molecule is Cl.Cl.OC(CNCCNc1ccccc1)COc1ccccc1. The quantitative estimate of drug-likeness (QED) is 0.603. The van der Waals surface area contributed by atoms with Gasteiger partial charge in [0.15, 0.2) is 0 Å². The van der Waals surface area contributed by atoms with E-state index in [4.69, 9.17) is 4.74 Å². The van der Waals surface area contributed by atoms with Gasteiger partial charge in [0.1, 0.15) is 18.5 Å². The van der Waals surface area contributed by atoms with Crippen molar-refractivity contribution in [3.8, 4) is 5.75 Å². The number of aliphatic hydroxyl groups excluding tert-OH is 1. The molecule has 1 atom stereocenters. The van der Waals surface area contributed by atoms with E-state index in [0.29, 0.717) is 13.2 Å². The maximum atomic E-state index is 9.82. The highest BCUT2D eigenvalue weighted by Crippen LogP contribution is 2.08.